The molecule has 0 spiro atoms. The maximum atomic E-state index is 5.97. The van der Waals surface area contributed by atoms with Crippen molar-refractivity contribution in [3.63, 3.8) is 0 Å². The Morgan fingerprint density at radius 1 is 1.05 bits per heavy atom. The Bertz CT molecular complexity index is 420. The highest BCUT2D eigenvalue weighted by Crippen LogP contribution is 2.30. The van der Waals surface area contributed by atoms with Gasteiger partial charge in [-0.05, 0) is 37.1 Å². The Morgan fingerprint density at radius 3 is 2.24 bits per heavy atom. The number of benzene rings is 1. The molecule has 0 amide bonds. The number of hydrogen-bond acceptors (Lipinski definition) is 4. The minimum absolute atomic E-state index is 0.149. The van der Waals surface area contributed by atoms with Gasteiger partial charge in [0.15, 0.2) is 11.5 Å². The second kappa shape index (κ2) is 8.90. The Balaban J connectivity index is 2.84. The van der Waals surface area contributed by atoms with Gasteiger partial charge >= 0.3 is 0 Å². The zero-order valence-corrected chi connectivity index (χ0v) is 14.1. The average Bonchev–Trinajstić information content (AvgIpc) is 2.50. The molecule has 0 aliphatic rings. The predicted octanol–water partition coefficient (Wildman–Crippen LogP) is 3.42. The second-order valence-corrected chi connectivity index (χ2v) is 5.51. The van der Waals surface area contributed by atoms with Gasteiger partial charge in [0.1, 0.15) is 0 Å². The van der Waals surface area contributed by atoms with Gasteiger partial charge in [-0.1, -0.05) is 26.8 Å². The van der Waals surface area contributed by atoms with Gasteiger partial charge in [-0.25, -0.2) is 0 Å². The summed E-state index contributed by atoms with van der Waals surface area (Å²) in [6.07, 6.45) is 0.242. The fraction of sp³-hybridized carbons (Fsp3) is 0.647. The first-order chi connectivity index (χ1) is 10.0. The van der Waals surface area contributed by atoms with Gasteiger partial charge in [0.25, 0.3) is 0 Å². The van der Waals surface area contributed by atoms with E-state index in [9.17, 15) is 0 Å². The van der Waals surface area contributed by atoms with E-state index in [-0.39, 0.29) is 12.1 Å². The Hall–Kier alpha value is -1.26. The van der Waals surface area contributed by atoms with E-state index < -0.39 is 0 Å². The third-order valence-electron chi connectivity index (χ3n) is 3.73. The van der Waals surface area contributed by atoms with Crippen molar-refractivity contribution in [2.75, 3.05) is 27.4 Å². The van der Waals surface area contributed by atoms with Gasteiger partial charge in [0, 0.05) is 0 Å². The molecule has 0 heterocycles. The summed E-state index contributed by atoms with van der Waals surface area (Å²) in [5.74, 6) is 2.00. The lowest BCUT2D eigenvalue weighted by molar-refractivity contribution is 0.0220. The van der Waals surface area contributed by atoms with Crippen molar-refractivity contribution in [1.29, 1.82) is 0 Å². The van der Waals surface area contributed by atoms with E-state index in [2.05, 4.69) is 39.1 Å². The topological polar surface area (TPSA) is 39.7 Å². The fourth-order valence-electron chi connectivity index (χ4n) is 2.03. The molecule has 21 heavy (non-hydrogen) atoms. The van der Waals surface area contributed by atoms with Crippen molar-refractivity contribution >= 4 is 0 Å². The molecule has 1 rings (SSSR count). The summed E-state index contributed by atoms with van der Waals surface area (Å²) in [6.45, 7) is 10.1. The van der Waals surface area contributed by atoms with E-state index in [1.165, 1.54) is 0 Å². The summed E-state index contributed by atoms with van der Waals surface area (Å²) in [5, 5.41) is 3.46. The zero-order valence-electron chi connectivity index (χ0n) is 14.1. The van der Waals surface area contributed by atoms with Crippen LogP contribution < -0.4 is 14.8 Å². The molecule has 0 saturated carbocycles. The van der Waals surface area contributed by atoms with Gasteiger partial charge in [0.2, 0.25) is 0 Å². The molecule has 0 fully saturated rings. The van der Waals surface area contributed by atoms with Gasteiger partial charge in [-0.3, -0.25) is 0 Å². The number of hydrogen-bond donors (Lipinski definition) is 1. The number of nitrogens with one attached hydrogen (secondary N) is 1. The lowest BCUT2D eigenvalue weighted by Crippen LogP contribution is -2.28. The van der Waals surface area contributed by atoms with Crippen molar-refractivity contribution in [1.82, 2.24) is 5.32 Å². The van der Waals surface area contributed by atoms with Crippen LogP contribution in [0.3, 0.4) is 0 Å². The molecule has 1 N–H and O–H groups in total. The van der Waals surface area contributed by atoms with E-state index in [4.69, 9.17) is 14.2 Å². The van der Waals surface area contributed by atoms with Crippen LogP contribution in [0.15, 0.2) is 18.2 Å². The van der Waals surface area contributed by atoms with Crippen LogP contribution in [-0.4, -0.2) is 33.5 Å². The molecule has 0 aliphatic heterocycles. The number of ether oxygens (including phenoxy) is 3. The van der Waals surface area contributed by atoms with Crippen LogP contribution in [0.4, 0.5) is 0 Å². The maximum absolute atomic E-state index is 5.97. The molecule has 0 aliphatic carbocycles. The minimum Gasteiger partial charge on any atom is -0.493 e. The molecular formula is C17H29NO3. The quantitative estimate of drug-likeness (QED) is 0.758. The van der Waals surface area contributed by atoms with E-state index in [1.807, 2.05) is 12.1 Å². The fourth-order valence-corrected chi connectivity index (χ4v) is 2.03. The average molecular weight is 295 g/mol. The summed E-state index contributed by atoms with van der Waals surface area (Å²) >= 11 is 0. The Kier molecular flexibility index (Phi) is 7.54. The predicted molar refractivity (Wildman–Crippen MR) is 86.2 cm³/mol. The molecule has 0 aromatic heterocycles. The lowest BCUT2D eigenvalue weighted by Gasteiger charge is -2.23. The molecule has 0 radical (unpaired) electrons. The standard InChI is InChI=1S/C17H29NO3/c1-7-18-15(11-21-13(4)12(2)3)14-8-9-16(19-5)17(10-14)20-6/h8-10,12-13,15,18H,7,11H2,1-6H3. The van der Waals surface area contributed by atoms with E-state index in [1.54, 1.807) is 14.2 Å². The second-order valence-electron chi connectivity index (χ2n) is 5.51. The van der Waals surface area contributed by atoms with Gasteiger partial charge < -0.3 is 19.5 Å². The Morgan fingerprint density at radius 2 is 1.71 bits per heavy atom. The number of methoxy groups -OCH3 is 2. The van der Waals surface area contributed by atoms with Crippen molar-refractivity contribution in [2.45, 2.75) is 39.8 Å². The highest BCUT2D eigenvalue weighted by Gasteiger charge is 2.16. The van der Waals surface area contributed by atoms with Crippen LogP contribution in [-0.2, 0) is 4.74 Å². The minimum atomic E-state index is 0.149. The first kappa shape index (κ1) is 17.8. The van der Waals surface area contributed by atoms with E-state index in [0.29, 0.717) is 12.5 Å². The third-order valence-corrected chi connectivity index (χ3v) is 3.73. The molecule has 1 aromatic rings. The van der Waals surface area contributed by atoms with Crippen LogP contribution in [0, 0.1) is 5.92 Å². The first-order valence-corrected chi connectivity index (χ1v) is 7.60. The highest BCUT2D eigenvalue weighted by molar-refractivity contribution is 5.43. The largest absolute Gasteiger partial charge is 0.493 e. The molecule has 4 heteroatoms. The summed E-state index contributed by atoms with van der Waals surface area (Å²) in [6, 6.07) is 6.15. The summed E-state index contributed by atoms with van der Waals surface area (Å²) in [5.41, 5.74) is 1.14. The summed E-state index contributed by atoms with van der Waals surface area (Å²) in [4.78, 5) is 0. The van der Waals surface area contributed by atoms with Gasteiger partial charge in [0.05, 0.1) is 33.0 Å². The monoisotopic (exact) mass is 295 g/mol. The van der Waals surface area contributed by atoms with Crippen molar-refractivity contribution in [3.05, 3.63) is 23.8 Å². The van der Waals surface area contributed by atoms with Crippen molar-refractivity contribution in [3.8, 4) is 11.5 Å². The number of rotatable bonds is 9. The van der Waals surface area contributed by atoms with Crippen molar-refractivity contribution in [2.24, 2.45) is 5.92 Å². The zero-order chi connectivity index (χ0) is 15.8. The molecule has 1 aromatic carbocycles. The molecule has 4 nitrogen and oxygen atoms in total. The van der Waals surface area contributed by atoms with Crippen molar-refractivity contribution < 1.29 is 14.2 Å². The molecule has 2 unspecified atom stereocenters. The molecule has 0 bridgehead atoms. The summed E-state index contributed by atoms with van der Waals surface area (Å²) in [7, 11) is 3.30. The van der Waals surface area contributed by atoms with Crippen LogP contribution >= 0.6 is 0 Å². The molecular weight excluding hydrogens is 266 g/mol. The molecule has 0 saturated heterocycles. The van der Waals surface area contributed by atoms with Crippen LogP contribution in [0.25, 0.3) is 0 Å². The molecule has 120 valence electrons. The van der Waals surface area contributed by atoms with Crippen LogP contribution in [0.2, 0.25) is 0 Å². The van der Waals surface area contributed by atoms with Crippen LogP contribution in [0.1, 0.15) is 39.3 Å². The Labute approximate surface area is 128 Å². The normalized spacial score (nSPS) is 14.0. The number of likely N-dealkylation sites (N-methyl/N-ethyl adjacent to an activating group) is 1. The van der Waals surface area contributed by atoms with Crippen LogP contribution in [0.5, 0.6) is 11.5 Å². The van der Waals surface area contributed by atoms with Gasteiger partial charge in [-0.2, -0.15) is 0 Å². The SMILES string of the molecule is CCNC(COC(C)C(C)C)c1ccc(OC)c(OC)c1. The van der Waals surface area contributed by atoms with E-state index in [0.717, 1.165) is 23.6 Å². The van der Waals surface area contributed by atoms with Gasteiger partial charge in [-0.15, -0.1) is 0 Å². The maximum Gasteiger partial charge on any atom is 0.161 e. The summed E-state index contributed by atoms with van der Waals surface area (Å²) < 4.78 is 16.6. The molecule has 2 atom stereocenters. The van der Waals surface area contributed by atoms with E-state index >= 15 is 0 Å². The third kappa shape index (κ3) is 5.21. The highest BCUT2D eigenvalue weighted by atomic mass is 16.5. The lowest BCUT2D eigenvalue weighted by atomic mass is 10.1. The first-order valence-electron chi connectivity index (χ1n) is 7.60. The smallest absolute Gasteiger partial charge is 0.161 e.